The van der Waals surface area contributed by atoms with Crippen LogP contribution in [0.25, 0.3) is 0 Å². The van der Waals surface area contributed by atoms with Crippen LogP contribution in [0.2, 0.25) is 0 Å². The monoisotopic (exact) mass is 732 g/mol. The SMILES string of the molecule is C[C@H]1CC(Oc2cnc(Br)nc2)CN1C(=O)OC(C)(C)C.C[C@H]1C[C@H](O)CN1C(=O)OC(C)(C)C.Oc1cnc(Br)nc1. The van der Waals surface area contributed by atoms with Crippen LogP contribution in [-0.4, -0.2) is 101 Å². The third-order valence-corrected chi connectivity index (χ3v) is 6.67. The van der Waals surface area contributed by atoms with Gasteiger partial charge in [0, 0.05) is 18.5 Å². The lowest BCUT2D eigenvalue weighted by molar-refractivity contribution is 0.0212. The lowest BCUT2D eigenvalue weighted by Gasteiger charge is -2.26. The Morgan fingerprint density at radius 2 is 1.21 bits per heavy atom. The van der Waals surface area contributed by atoms with Gasteiger partial charge in [-0.25, -0.2) is 29.5 Å². The number of β-amino-alcohol motifs (C(OH)–C–C–N with tert-alkyl or cyclic N) is 1. The first-order chi connectivity index (χ1) is 19.8. The molecule has 2 aromatic rings. The maximum Gasteiger partial charge on any atom is 0.410 e. The van der Waals surface area contributed by atoms with Crippen molar-refractivity contribution in [1.82, 2.24) is 29.7 Å². The summed E-state index contributed by atoms with van der Waals surface area (Å²) in [6.45, 7) is 15.9. The molecule has 2 aliphatic rings. The third kappa shape index (κ3) is 13.6. The van der Waals surface area contributed by atoms with E-state index in [2.05, 4.69) is 51.8 Å². The van der Waals surface area contributed by atoms with Gasteiger partial charge in [-0.3, -0.25) is 0 Å². The molecule has 13 nitrogen and oxygen atoms in total. The van der Waals surface area contributed by atoms with Crippen molar-refractivity contribution in [3.63, 3.8) is 0 Å². The maximum absolute atomic E-state index is 12.1. The molecule has 15 heteroatoms. The average molecular weight is 734 g/mol. The molecule has 0 saturated carbocycles. The minimum absolute atomic E-state index is 0.0693. The van der Waals surface area contributed by atoms with Crippen molar-refractivity contribution in [2.75, 3.05) is 13.1 Å². The van der Waals surface area contributed by atoms with Crippen LogP contribution in [0.15, 0.2) is 34.3 Å². The molecule has 4 atom stereocenters. The van der Waals surface area contributed by atoms with Gasteiger partial charge in [-0.1, -0.05) is 0 Å². The number of aromatic hydroxyl groups is 1. The molecule has 1 unspecified atom stereocenters. The van der Waals surface area contributed by atoms with Gasteiger partial charge in [0.15, 0.2) is 21.0 Å². The fourth-order valence-corrected chi connectivity index (χ4v) is 4.49. The van der Waals surface area contributed by atoms with Gasteiger partial charge in [0.2, 0.25) is 0 Å². The highest BCUT2D eigenvalue weighted by molar-refractivity contribution is 9.10. The Labute approximate surface area is 269 Å². The van der Waals surface area contributed by atoms with Crippen LogP contribution in [-0.2, 0) is 9.47 Å². The molecule has 0 aliphatic carbocycles. The molecule has 2 N–H and O–H groups in total. The first-order valence-electron chi connectivity index (χ1n) is 13.8. The van der Waals surface area contributed by atoms with Gasteiger partial charge in [0.05, 0.1) is 44.0 Å². The van der Waals surface area contributed by atoms with Crippen molar-refractivity contribution in [1.29, 1.82) is 0 Å². The van der Waals surface area contributed by atoms with E-state index in [4.69, 9.17) is 19.3 Å². The fourth-order valence-electron chi connectivity index (χ4n) is 4.08. The molecule has 4 rings (SSSR count). The topological polar surface area (TPSA) is 160 Å². The molecule has 43 heavy (non-hydrogen) atoms. The molecule has 2 saturated heterocycles. The molecule has 2 aromatic heterocycles. The Morgan fingerprint density at radius 1 is 0.791 bits per heavy atom. The van der Waals surface area contributed by atoms with E-state index in [-0.39, 0.29) is 36.1 Å². The van der Waals surface area contributed by atoms with Gasteiger partial charge >= 0.3 is 12.2 Å². The molecule has 0 aromatic carbocycles. The minimum atomic E-state index is -0.491. The predicted molar refractivity (Wildman–Crippen MR) is 166 cm³/mol. The summed E-state index contributed by atoms with van der Waals surface area (Å²) in [5.74, 6) is 0.676. The number of rotatable bonds is 2. The predicted octanol–water partition coefficient (Wildman–Crippen LogP) is 5.34. The first-order valence-corrected chi connectivity index (χ1v) is 15.4. The second kappa shape index (κ2) is 15.8. The van der Waals surface area contributed by atoms with Crippen LogP contribution in [0, 0.1) is 0 Å². The number of ether oxygens (including phenoxy) is 3. The second-order valence-corrected chi connectivity index (χ2v) is 13.6. The smallest absolute Gasteiger partial charge is 0.410 e. The van der Waals surface area contributed by atoms with Crippen molar-refractivity contribution in [2.24, 2.45) is 0 Å². The van der Waals surface area contributed by atoms with E-state index in [0.717, 1.165) is 6.42 Å². The standard InChI is InChI=1S/C14H20BrN3O3.C10H19NO3.C4H3BrN2O/c1-9-5-10(20-11-6-16-12(15)17-7-11)8-18(9)13(19)21-14(2,3)4;1-7-5-8(12)6-11(7)9(13)14-10(2,3)4;5-4-6-1-3(8)2-7-4/h6-7,9-10H,5,8H2,1-4H3;7-8,12H,5-6H2,1-4H3;1-2,8H/t9-,10?;7-,8-;/m00./s1. The van der Waals surface area contributed by atoms with Gasteiger partial charge in [-0.2, -0.15) is 0 Å². The van der Waals surface area contributed by atoms with Crippen molar-refractivity contribution in [2.45, 2.75) is 104 Å². The molecule has 0 spiro atoms. The Kier molecular flexibility index (Phi) is 13.4. The zero-order chi connectivity index (χ0) is 32.5. The summed E-state index contributed by atoms with van der Waals surface area (Å²) in [6, 6.07) is 0.154. The van der Waals surface area contributed by atoms with Crippen LogP contribution in [0.3, 0.4) is 0 Å². The van der Waals surface area contributed by atoms with Crippen LogP contribution in [0.5, 0.6) is 11.5 Å². The number of nitrogens with zero attached hydrogens (tertiary/aromatic N) is 6. The van der Waals surface area contributed by atoms with Crippen LogP contribution < -0.4 is 4.74 Å². The molecule has 2 fully saturated rings. The zero-order valence-corrected chi connectivity index (χ0v) is 29.0. The van der Waals surface area contributed by atoms with E-state index in [0.29, 0.717) is 34.7 Å². The van der Waals surface area contributed by atoms with Crippen LogP contribution in [0.1, 0.15) is 68.2 Å². The van der Waals surface area contributed by atoms with Crippen molar-refractivity contribution < 1.29 is 34.0 Å². The number of carbonyl (C=O) groups is 2. The Morgan fingerprint density at radius 3 is 1.60 bits per heavy atom. The zero-order valence-electron chi connectivity index (χ0n) is 25.8. The van der Waals surface area contributed by atoms with Crippen molar-refractivity contribution in [3.05, 3.63) is 34.3 Å². The maximum atomic E-state index is 12.1. The normalized spacial score (nSPS) is 21.7. The van der Waals surface area contributed by atoms with Gasteiger partial charge in [0.1, 0.15) is 17.3 Å². The summed E-state index contributed by atoms with van der Waals surface area (Å²) in [5.41, 5.74) is -0.959. The molecule has 0 radical (unpaired) electrons. The molecule has 2 aliphatic heterocycles. The number of hydrogen-bond donors (Lipinski definition) is 2. The summed E-state index contributed by atoms with van der Waals surface area (Å²) in [6.07, 6.45) is 6.14. The van der Waals surface area contributed by atoms with E-state index >= 15 is 0 Å². The lowest BCUT2D eigenvalue weighted by atomic mass is 10.2. The van der Waals surface area contributed by atoms with Gasteiger partial charge < -0.3 is 34.2 Å². The van der Waals surface area contributed by atoms with E-state index < -0.39 is 17.3 Å². The molecule has 240 valence electrons. The summed E-state index contributed by atoms with van der Waals surface area (Å²) >= 11 is 6.19. The number of amides is 2. The summed E-state index contributed by atoms with van der Waals surface area (Å²) in [4.78, 5) is 42.3. The van der Waals surface area contributed by atoms with E-state index in [1.165, 1.54) is 12.4 Å². The van der Waals surface area contributed by atoms with E-state index in [1.54, 1.807) is 22.2 Å². The number of halogens is 2. The highest BCUT2D eigenvalue weighted by Gasteiger charge is 2.36. The average Bonchev–Trinajstić information content (AvgIpc) is 3.41. The third-order valence-electron chi connectivity index (χ3n) is 5.85. The second-order valence-electron chi connectivity index (χ2n) is 12.2. The Bertz CT molecular complexity index is 1160. The van der Waals surface area contributed by atoms with E-state index in [9.17, 15) is 14.7 Å². The highest BCUT2D eigenvalue weighted by atomic mass is 79.9. The van der Waals surface area contributed by atoms with Crippen molar-refractivity contribution >= 4 is 44.0 Å². The number of aromatic nitrogens is 4. The number of hydrogen-bond acceptors (Lipinski definition) is 11. The molecule has 0 bridgehead atoms. The quantitative estimate of drug-likeness (QED) is 0.384. The number of aliphatic hydroxyl groups excluding tert-OH is 1. The van der Waals surface area contributed by atoms with Gasteiger partial charge in [0.25, 0.3) is 0 Å². The minimum Gasteiger partial charge on any atom is -0.505 e. The summed E-state index contributed by atoms with van der Waals surface area (Å²) in [5, 5.41) is 18.0. The first kappa shape index (κ1) is 36.4. The molecular weight excluding hydrogens is 692 g/mol. The number of likely N-dealkylation sites (tertiary alicyclic amines) is 2. The largest absolute Gasteiger partial charge is 0.505 e. The molecule has 4 heterocycles. The van der Waals surface area contributed by atoms with E-state index in [1.807, 2.05) is 55.4 Å². The lowest BCUT2D eigenvalue weighted by Crippen LogP contribution is -2.39. The summed E-state index contributed by atoms with van der Waals surface area (Å²) in [7, 11) is 0. The summed E-state index contributed by atoms with van der Waals surface area (Å²) < 4.78 is 17.4. The van der Waals surface area contributed by atoms with Crippen LogP contribution >= 0.6 is 31.9 Å². The van der Waals surface area contributed by atoms with Gasteiger partial charge in [-0.15, -0.1) is 0 Å². The van der Waals surface area contributed by atoms with Crippen LogP contribution in [0.4, 0.5) is 9.59 Å². The molecular formula is C28H42Br2N6O7. The van der Waals surface area contributed by atoms with Crippen molar-refractivity contribution in [3.8, 4) is 11.5 Å². The number of aliphatic hydroxyl groups is 1. The highest BCUT2D eigenvalue weighted by Crippen LogP contribution is 2.25. The Balaban J connectivity index is 0.000000251. The Hall–Kier alpha value is -2.78. The number of carbonyl (C=O) groups excluding carboxylic acids is 2. The fraction of sp³-hybridized carbons (Fsp3) is 0.643. The van der Waals surface area contributed by atoms with Gasteiger partial charge in [-0.05, 0) is 93.7 Å². The molecule has 2 amide bonds.